The first-order valence-electron chi connectivity index (χ1n) is 8.23. The van der Waals surface area contributed by atoms with Crippen LogP contribution >= 0.6 is 0 Å². The van der Waals surface area contributed by atoms with Crippen LogP contribution in [0.1, 0.15) is 21.5 Å². The smallest absolute Gasteiger partial charge is 0.228 e. The van der Waals surface area contributed by atoms with Crippen molar-refractivity contribution in [3.8, 4) is 0 Å². The summed E-state index contributed by atoms with van der Waals surface area (Å²) in [6.07, 6.45) is 0. The van der Waals surface area contributed by atoms with E-state index in [0.29, 0.717) is 37.7 Å². The van der Waals surface area contributed by atoms with Crippen LogP contribution in [0.2, 0.25) is 0 Å². The molecule has 1 heterocycles. The second kappa shape index (κ2) is 7.41. The number of aryl methyl sites for hydroxylation is 2. The van der Waals surface area contributed by atoms with Gasteiger partial charge in [-0.2, -0.15) is 0 Å². The molecule has 0 spiro atoms. The van der Waals surface area contributed by atoms with Crippen molar-refractivity contribution in [3.63, 3.8) is 0 Å². The molecule has 24 heavy (non-hydrogen) atoms. The Labute approximate surface area is 142 Å². The molecule has 4 heteroatoms. The first kappa shape index (κ1) is 16.4. The molecule has 124 valence electrons. The normalized spacial score (nSPS) is 15.4. The molecule has 4 nitrogen and oxygen atoms in total. The van der Waals surface area contributed by atoms with E-state index in [-0.39, 0.29) is 5.78 Å². The number of carbonyl (C=O) groups is 1. The van der Waals surface area contributed by atoms with Gasteiger partial charge in [-0.3, -0.25) is 4.79 Å². The third kappa shape index (κ3) is 3.71. The zero-order valence-corrected chi connectivity index (χ0v) is 14.2. The number of nitrogens with zero attached hydrogens (tertiary/aromatic N) is 2. The number of ketones is 1. The van der Waals surface area contributed by atoms with Crippen molar-refractivity contribution in [1.82, 2.24) is 4.90 Å². The number of para-hydroxylation sites is 1. The standard InChI is InChI=1S/C20H22N2O2/c1-15-8-9-18(16(2)14-15)19(23)20(22-10-12-24-13-11-22)21-17-6-4-3-5-7-17/h3-9,14H,10-13H2,1-2H3. The fraction of sp³-hybridized carbons (Fsp3) is 0.300. The Morgan fingerprint density at radius 2 is 1.75 bits per heavy atom. The number of hydrogen-bond donors (Lipinski definition) is 0. The van der Waals surface area contributed by atoms with Gasteiger partial charge in [-0.25, -0.2) is 4.99 Å². The molecule has 0 radical (unpaired) electrons. The summed E-state index contributed by atoms with van der Waals surface area (Å²) < 4.78 is 5.42. The van der Waals surface area contributed by atoms with Gasteiger partial charge in [0.2, 0.25) is 5.78 Å². The highest BCUT2D eigenvalue weighted by Crippen LogP contribution is 2.17. The summed E-state index contributed by atoms with van der Waals surface area (Å²) in [7, 11) is 0. The minimum Gasteiger partial charge on any atom is -0.378 e. The van der Waals surface area contributed by atoms with Crippen molar-refractivity contribution >= 4 is 17.3 Å². The molecule has 0 aromatic heterocycles. The molecule has 0 saturated carbocycles. The molecular formula is C20H22N2O2. The molecule has 3 rings (SSSR count). The number of amidine groups is 1. The maximum Gasteiger partial charge on any atom is 0.228 e. The summed E-state index contributed by atoms with van der Waals surface area (Å²) in [5, 5.41) is 0. The molecule has 0 N–H and O–H groups in total. The number of hydrogen-bond acceptors (Lipinski definition) is 3. The zero-order valence-electron chi connectivity index (χ0n) is 14.2. The number of ether oxygens (including phenoxy) is 1. The van der Waals surface area contributed by atoms with Crippen LogP contribution in [0.25, 0.3) is 0 Å². The maximum atomic E-state index is 13.2. The van der Waals surface area contributed by atoms with Gasteiger partial charge in [0, 0.05) is 18.7 Å². The fourth-order valence-electron chi connectivity index (χ4n) is 2.85. The lowest BCUT2D eigenvalue weighted by Crippen LogP contribution is -2.44. The van der Waals surface area contributed by atoms with Crippen molar-refractivity contribution in [3.05, 3.63) is 65.2 Å². The van der Waals surface area contributed by atoms with E-state index in [9.17, 15) is 4.79 Å². The van der Waals surface area contributed by atoms with E-state index < -0.39 is 0 Å². The molecule has 1 aliphatic heterocycles. The van der Waals surface area contributed by atoms with Crippen molar-refractivity contribution in [1.29, 1.82) is 0 Å². The number of carbonyl (C=O) groups excluding carboxylic acids is 1. The van der Waals surface area contributed by atoms with Gasteiger partial charge < -0.3 is 9.64 Å². The number of benzene rings is 2. The number of Topliss-reactive ketones (excluding diaryl/α,β-unsaturated/α-hetero) is 1. The summed E-state index contributed by atoms with van der Waals surface area (Å²) in [4.78, 5) is 19.9. The van der Waals surface area contributed by atoms with Crippen LogP contribution < -0.4 is 0 Å². The Bertz CT molecular complexity index is 747. The van der Waals surface area contributed by atoms with Crippen LogP contribution in [0.4, 0.5) is 5.69 Å². The molecule has 0 bridgehead atoms. The largest absolute Gasteiger partial charge is 0.378 e. The van der Waals surface area contributed by atoms with E-state index in [4.69, 9.17) is 4.74 Å². The predicted molar refractivity (Wildman–Crippen MR) is 96.2 cm³/mol. The topological polar surface area (TPSA) is 41.9 Å². The quantitative estimate of drug-likeness (QED) is 0.493. The van der Waals surface area contributed by atoms with Gasteiger partial charge in [0.1, 0.15) is 0 Å². The molecule has 1 fully saturated rings. The average Bonchev–Trinajstić information content (AvgIpc) is 2.61. The highest BCUT2D eigenvalue weighted by molar-refractivity contribution is 6.45. The SMILES string of the molecule is Cc1ccc(C(=O)C(=Nc2ccccc2)N2CCOCC2)c(C)c1. The van der Waals surface area contributed by atoms with Crippen molar-refractivity contribution in [2.24, 2.45) is 4.99 Å². The molecule has 1 saturated heterocycles. The van der Waals surface area contributed by atoms with Gasteiger partial charge in [-0.1, -0.05) is 42.0 Å². The van der Waals surface area contributed by atoms with Crippen LogP contribution in [-0.2, 0) is 4.74 Å². The average molecular weight is 322 g/mol. The van der Waals surface area contributed by atoms with Gasteiger partial charge >= 0.3 is 0 Å². The van der Waals surface area contributed by atoms with Crippen LogP contribution in [0, 0.1) is 13.8 Å². The van der Waals surface area contributed by atoms with E-state index >= 15 is 0 Å². The van der Waals surface area contributed by atoms with Crippen LogP contribution in [0.15, 0.2) is 53.5 Å². The Balaban J connectivity index is 2.00. The molecule has 0 aliphatic carbocycles. The molecule has 0 amide bonds. The first-order valence-corrected chi connectivity index (χ1v) is 8.23. The fourth-order valence-corrected chi connectivity index (χ4v) is 2.85. The second-order valence-corrected chi connectivity index (χ2v) is 6.02. The Kier molecular flexibility index (Phi) is 5.06. The second-order valence-electron chi connectivity index (χ2n) is 6.02. The number of aliphatic imine (C=N–C) groups is 1. The third-order valence-corrected chi connectivity index (χ3v) is 4.13. The van der Waals surface area contributed by atoms with E-state index in [0.717, 1.165) is 16.8 Å². The lowest BCUT2D eigenvalue weighted by molar-refractivity contribution is 0.0659. The molecule has 2 aromatic carbocycles. The van der Waals surface area contributed by atoms with Gasteiger partial charge in [-0.15, -0.1) is 0 Å². The maximum absolute atomic E-state index is 13.2. The van der Waals surface area contributed by atoms with E-state index in [1.54, 1.807) is 0 Å². The van der Waals surface area contributed by atoms with Crippen molar-refractivity contribution in [2.45, 2.75) is 13.8 Å². The summed E-state index contributed by atoms with van der Waals surface area (Å²) in [6.45, 7) is 6.61. The molecule has 2 aromatic rings. The molecule has 0 unspecified atom stereocenters. The molecule has 0 atom stereocenters. The number of morpholine rings is 1. The van der Waals surface area contributed by atoms with Crippen molar-refractivity contribution < 1.29 is 9.53 Å². The monoisotopic (exact) mass is 322 g/mol. The summed E-state index contributed by atoms with van der Waals surface area (Å²) >= 11 is 0. The van der Waals surface area contributed by atoms with Gasteiger partial charge in [-0.05, 0) is 31.5 Å². The first-order chi connectivity index (χ1) is 11.6. The Morgan fingerprint density at radius 1 is 1.04 bits per heavy atom. The summed E-state index contributed by atoms with van der Waals surface area (Å²) in [5.41, 5.74) is 3.63. The number of rotatable bonds is 3. The van der Waals surface area contributed by atoms with Crippen molar-refractivity contribution in [2.75, 3.05) is 26.3 Å². The molecular weight excluding hydrogens is 300 g/mol. The van der Waals surface area contributed by atoms with Gasteiger partial charge in [0.05, 0.1) is 18.9 Å². The third-order valence-electron chi connectivity index (χ3n) is 4.13. The summed E-state index contributed by atoms with van der Waals surface area (Å²) in [5.74, 6) is 0.467. The zero-order chi connectivity index (χ0) is 16.9. The van der Waals surface area contributed by atoms with Crippen LogP contribution in [0.5, 0.6) is 0 Å². The summed E-state index contributed by atoms with van der Waals surface area (Å²) in [6, 6.07) is 15.5. The van der Waals surface area contributed by atoms with Crippen LogP contribution in [-0.4, -0.2) is 42.8 Å². The minimum absolute atomic E-state index is 0.0294. The van der Waals surface area contributed by atoms with E-state index in [1.807, 2.05) is 67.3 Å². The highest BCUT2D eigenvalue weighted by Gasteiger charge is 2.24. The Hall–Kier alpha value is -2.46. The van der Waals surface area contributed by atoms with Crippen LogP contribution in [0.3, 0.4) is 0 Å². The molecule has 1 aliphatic rings. The highest BCUT2D eigenvalue weighted by atomic mass is 16.5. The van der Waals surface area contributed by atoms with E-state index in [1.165, 1.54) is 0 Å². The lowest BCUT2D eigenvalue weighted by atomic mass is 10.0. The Morgan fingerprint density at radius 3 is 2.42 bits per heavy atom. The predicted octanol–water partition coefficient (Wildman–Crippen LogP) is 3.55. The lowest BCUT2D eigenvalue weighted by Gasteiger charge is -2.29. The minimum atomic E-state index is -0.0294. The van der Waals surface area contributed by atoms with Gasteiger partial charge in [0.15, 0.2) is 5.84 Å². The van der Waals surface area contributed by atoms with Gasteiger partial charge in [0.25, 0.3) is 0 Å². The van der Waals surface area contributed by atoms with E-state index in [2.05, 4.69) is 4.99 Å².